The van der Waals surface area contributed by atoms with Gasteiger partial charge in [-0.05, 0) is 49.3 Å². The van der Waals surface area contributed by atoms with Crippen molar-refractivity contribution in [1.29, 1.82) is 0 Å². The summed E-state index contributed by atoms with van der Waals surface area (Å²) in [5.74, 6) is 0.779. The third-order valence-corrected chi connectivity index (χ3v) is 4.90. The predicted molar refractivity (Wildman–Crippen MR) is 86.8 cm³/mol. The van der Waals surface area contributed by atoms with Crippen molar-refractivity contribution in [2.45, 2.75) is 47.1 Å². The van der Waals surface area contributed by atoms with Crippen molar-refractivity contribution in [2.24, 2.45) is 17.1 Å². The van der Waals surface area contributed by atoms with Crippen molar-refractivity contribution < 1.29 is 0 Å². The number of nitrogens with two attached hydrogens (primary N) is 1. The lowest BCUT2D eigenvalue weighted by Crippen LogP contribution is -2.34. The van der Waals surface area contributed by atoms with Crippen LogP contribution in [0.15, 0.2) is 18.2 Å². The van der Waals surface area contributed by atoms with Gasteiger partial charge in [-0.2, -0.15) is 0 Å². The van der Waals surface area contributed by atoms with Crippen LogP contribution in [0.3, 0.4) is 0 Å². The average Bonchev–Trinajstić information content (AvgIpc) is 2.84. The topological polar surface area (TPSA) is 29.3 Å². The summed E-state index contributed by atoms with van der Waals surface area (Å²) in [6.07, 6.45) is 1.30. The van der Waals surface area contributed by atoms with Crippen LogP contribution in [0.25, 0.3) is 0 Å². The summed E-state index contributed by atoms with van der Waals surface area (Å²) in [5, 5.41) is 0. The minimum atomic E-state index is 0.377. The maximum absolute atomic E-state index is 6.12. The zero-order chi connectivity index (χ0) is 14.9. The first kappa shape index (κ1) is 15.5. The van der Waals surface area contributed by atoms with Crippen molar-refractivity contribution >= 4 is 0 Å². The van der Waals surface area contributed by atoms with Crippen LogP contribution in [0.2, 0.25) is 0 Å². The molecule has 0 radical (unpaired) electrons. The van der Waals surface area contributed by atoms with Gasteiger partial charge in [0.2, 0.25) is 0 Å². The molecule has 0 aliphatic carbocycles. The van der Waals surface area contributed by atoms with E-state index in [1.807, 2.05) is 0 Å². The van der Waals surface area contributed by atoms with Crippen LogP contribution >= 0.6 is 0 Å². The van der Waals surface area contributed by atoms with Gasteiger partial charge in [0.05, 0.1) is 0 Å². The quantitative estimate of drug-likeness (QED) is 0.911. The molecule has 1 saturated heterocycles. The Balaban J connectivity index is 2.20. The maximum atomic E-state index is 6.12. The molecule has 2 rings (SSSR count). The van der Waals surface area contributed by atoms with E-state index < -0.39 is 0 Å². The van der Waals surface area contributed by atoms with E-state index in [9.17, 15) is 0 Å². The first-order valence-electron chi connectivity index (χ1n) is 7.84. The third-order valence-electron chi connectivity index (χ3n) is 4.90. The van der Waals surface area contributed by atoms with Gasteiger partial charge >= 0.3 is 0 Å². The molecule has 112 valence electrons. The van der Waals surface area contributed by atoms with Gasteiger partial charge in [0.1, 0.15) is 0 Å². The van der Waals surface area contributed by atoms with Crippen molar-refractivity contribution in [3.63, 3.8) is 0 Å². The summed E-state index contributed by atoms with van der Waals surface area (Å²) >= 11 is 0. The van der Waals surface area contributed by atoms with E-state index in [2.05, 4.69) is 57.7 Å². The minimum Gasteiger partial charge on any atom is -0.329 e. The second-order valence-electron chi connectivity index (χ2n) is 7.46. The normalized spacial score (nSPS) is 22.2. The number of hydrogen-bond donors (Lipinski definition) is 1. The van der Waals surface area contributed by atoms with Gasteiger partial charge in [0.15, 0.2) is 0 Å². The van der Waals surface area contributed by atoms with E-state index in [0.29, 0.717) is 18.0 Å². The molecule has 2 N–H and O–H groups in total. The van der Waals surface area contributed by atoms with Gasteiger partial charge < -0.3 is 5.73 Å². The summed E-state index contributed by atoms with van der Waals surface area (Å²) in [7, 11) is 0. The van der Waals surface area contributed by atoms with Gasteiger partial charge in [-0.3, -0.25) is 4.90 Å². The lowest BCUT2D eigenvalue weighted by molar-refractivity contribution is 0.197. The second-order valence-corrected chi connectivity index (χ2v) is 7.46. The molecule has 0 aromatic heterocycles. The van der Waals surface area contributed by atoms with Crippen LogP contribution in [0.4, 0.5) is 0 Å². The molecule has 2 atom stereocenters. The highest BCUT2D eigenvalue weighted by molar-refractivity contribution is 5.33. The molecule has 1 aromatic rings. The van der Waals surface area contributed by atoms with Crippen molar-refractivity contribution in [3.8, 4) is 0 Å². The highest BCUT2D eigenvalue weighted by atomic mass is 15.2. The smallest absolute Gasteiger partial charge is 0.0473 e. The number of rotatable bonds is 3. The highest BCUT2D eigenvalue weighted by Gasteiger charge is 2.35. The molecule has 1 aliphatic heterocycles. The molecule has 2 heteroatoms. The molecule has 20 heavy (non-hydrogen) atoms. The van der Waals surface area contributed by atoms with Crippen molar-refractivity contribution in [1.82, 2.24) is 4.90 Å². The third kappa shape index (κ3) is 3.24. The lowest BCUT2D eigenvalue weighted by atomic mass is 9.80. The fraction of sp³-hybridized carbons (Fsp3) is 0.667. The SMILES string of the molecule is Cc1ccc(C)c(C(CN)N2CCC(C(C)(C)C)C2)c1. The molecule has 1 heterocycles. The average molecular weight is 274 g/mol. The highest BCUT2D eigenvalue weighted by Crippen LogP contribution is 2.37. The van der Waals surface area contributed by atoms with E-state index >= 15 is 0 Å². The zero-order valence-corrected chi connectivity index (χ0v) is 13.7. The zero-order valence-electron chi connectivity index (χ0n) is 13.7. The predicted octanol–water partition coefficient (Wildman–Crippen LogP) is 3.67. The van der Waals surface area contributed by atoms with Crippen molar-refractivity contribution in [3.05, 3.63) is 34.9 Å². The standard InChI is InChI=1S/C18H30N2/c1-13-6-7-14(2)16(10-13)17(11-19)20-9-8-15(12-20)18(3,4)5/h6-7,10,15,17H,8-9,11-12,19H2,1-5H3. The van der Waals surface area contributed by atoms with Crippen LogP contribution in [0, 0.1) is 25.2 Å². The van der Waals surface area contributed by atoms with Gasteiger partial charge in [0, 0.05) is 19.1 Å². The van der Waals surface area contributed by atoms with Crippen LogP contribution in [-0.4, -0.2) is 24.5 Å². The van der Waals surface area contributed by atoms with E-state index in [4.69, 9.17) is 5.73 Å². The van der Waals surface area contributed by atoms with Crippen LogP contribution in [0.1, 0.15) is 49.9 Å². The van der Waals surface area contributed by atoms with Crippen LogP contribution in [-0.2, 0) is 0 Å². The monoisotopic (exact) mass is 274 g/mol. The van der Waals surface area contributed by atoms with E-state index in [-0.39, 0.29) is 0 Å². The Labute approximate surface area is 124 Å². The van der Waals surface area contributed by atoms with Gasteiger partial charge in [0.25, 0.3) is 0 Å². The second kappa shape index (κ2) is 5.87. The molecule has 0 bridgehead atoms. The Kier molecular flexibility index (Phi) is 4.55. The molecule has 0 amide bonds. The van der Waals surface area contributed by atoms with Gasteiger partial charge in [-0.15, -0.1) is 0 Å². The Morgan fingerprint density at radius 1 is 1.30 bits per heavy atom. The molecule has 2 unspecified atom stereocenters. The van der Waals surface area contributed by atoms with E-state index in [1.54, 1.807) is 0 Å². The number of nitrogens with zero attached hydrogens (tertiary/aromatic N) is 1. The van der Waals surface area contributed by atoms with Gasteiger partial charge in [-0.1, -0.05) is 44.5 Å². The van der Waals surface area contributed by atoms with Crippen LogP contribution < -0.4 is 5.73 Å². The van der Waals surface area contributed by atoms with E-state index in [0.717, 1.165) is 5.92 Å². The maximum Gasteiger partial charge on any atom is 0.0473 e. The summed E-state index contributed by atoms with van der Waals surface area (Å²) < 4.78 is 0. The molecule has 0 saturated carbocycles. The lowest BCUT2D eigenvalue weighted by Gasteiger charge is -2.31. The fourth-order valence-electron chi connectivity index (χ4n) is 3.37. The Bertz CT molecular complexity index is 459. The summed E-state index contributed by atoms with van der Waals surface area (Å²) in [5.41, 5.74) is 10.6. The molecular formula is C18H30N2. The summed E-state index contributed by atoms with van der Waals surface area (Å²) in [6, 6.07) is 7.11. The number of benzene rings is 1. The molecule has 1 fully saturated rings. The van der Waals surface area contributed by atoms with Crippen LogP contribution in [0.5, 0.6) is 0 Å². The Morgan fingerprint density at radius 3 is 2.55 bits per heavy atom. The molecular weight excluding hydrogens is 244 g/mol. The fourth-order valence-corrected chi connectivity index (χ4v) is 3.37. The molecule has 2 nitrogen and oxygen atoms in total. The Hall–Kier alpha value is -0.860. The molecule has 0 spiro atoms. The number of likely N-dealkylation sites (tertiary alicyclic amines) is 1. The van der Waals surface area contributed by atoms with E-state index in [1.165, 1.54) is 36.2 Å². The number of hydrogen-bond acceptors (Lipinski definition) is 2. The largest absolute Gasteiger partial charge is 0.329 e. The van der Waals surface area contributed by atoms with Crippen molar-refractivity contribution in [2.75, 3.05) is 19.6 Å². The molecule has 1 aromatic carbocycles. The first-order chi connectivity index (χ1) is 9.32. The summed E-state index contributed by atoms with van der Waals surface area (Å²) in [6.45, 7) is 14.5. The summed E-state index contributed by atoms with van der Waals surface area (Å²) in [4.78, 5) is 2.59. The Morgan fingerprint density at radius 2 is 2.00 bits per heavy atom. The first-order valence-corrected chi connectivity index (χ1v) is 7.84. The van der Waals surface area contributed by atoms with Gasteiger partial charge in [-0.25, -0.2) is 0 Å². The number of aryl methyl sites for hydroxylation is 2. The minimum absolute atomic E-state index is 0.377. The molecule has 1 aliphatic rings.